The van der Waals surface area contributed by atoms with E-state index >= 15 is 0 Å². The second-order valence-corrected chi connectivity index (χ2v) is 7.17. The average molecular weight is 450 g/mol. The van der Waals surface area contributed by atoms with Crippen LogP contribution >= 0.6 is 12.2 Å². The minimum Gasteiger partial charge on any atom is -0.490 e. The maximum atomic E-state index is 12.4. The van der Waals surface area contributed by atoms with Gasteiger partial charge in [-0.3, -0.25) is 25.8 Å². The van der Waals surface area contributed by atoms with Gasteiger partial charge in [0.1, 0.15) is 24.7 Å². The Balaban J connectivity index is 1.43. The standard InChI is InChI=1S/C24H23N3O4S/c1-17-10-12-18(13-11-17)23(29)26-27-24(32)25-22(28)19-6-5-9-21(16-19)31-15-14-30-20-7-3-2-4-8-20/h2-13,16H,14-15H2,1H3,(H,26,29)(H2,25,27,28,32). The fraction of sp³-hybridized carbons (Fsp3) is 0.125. The van der Waals surface area contributed by atoms with E-state index in [4.69, 9.17) is 21.7 Å². The predicted octanol–water partition coefficient (Wildman–Crippen LogP) is 3.40. The highest BCUT2D eigenvalue weighted by Gasteiger charge is 2.10. The lowest BCUT2D eigenvalue weighted by Gasteiger charge is -2.12. The molecule has 0 fully saturated rings. The molecule has 3 N–H and O–H groups in total. The van der Waals surface area contributed by atoms with Gasteiger partial charge in [-0.15, -0.1) is 0 Å². The molecule has 0 aliphatic carbocycles. The Labute approximate surface area is 191 Å². The summed E-state index contributed by atoms with van der Waals surface area (Å²) in [5, 5.41) is 2.48. The van der Waals surface area contributed by atoms with Gasteiger partial charge in [-0.05, 0) is 61.6 Å². The summed E-state index contributed by atoms with van der Waals surface area (Å²) < 4.78 is 11.2. The zero-order valence-corrected chi connectivity index (χ0v) is 18.3. The van der Waals surface area contributed by atoms with Crippen LogP contribution in [0.3, 0.4) is 0 Å². The monoisotopic (exact) mass is 449 g/mol. The molecule has 164 valence electrons. The van der Waals surface area contributed by atoms with Crippen molar-refractivity contribution < 1.29 is 19.1 Å². The molecule has 0 atom stereocenters. The van der Waals surface area contributed by atoms with Crippen LogP contribution in [0.2, 0.25) is 0 Å². The molecule has 0 aliphatic heterocycles. The summed E-state index contributed by atoms with van der Waals surface area (Å²) in [6.45, 7) is 2.63. The van der Waals surface area contributed by atoms with Gasteiger partial charge >= 0.3 is 0 Å². The van der Waals surface area contributed by atoms with Gasteiger partial charge < -0.3 is 9.47 Å². The van der Waals surface area contributed by atoms with Crippen LogP contribution in [0.15, 0.2) is 78.9 Å². The van der Waals surface area contributed by atoms with Gasteiger partial charge in [0.05, 0.1) is 0 Å². The summed E-state index contributed by atoms with van der Waals surface area (Å²) in [4.78, 5) is 24.5. The van der Waals surface area contributed by atoms with Gasteiger partial charge in [-0.1, -0.05) is 42.0 Å². The van der Waals surface area contributed by atoms with Crippen LogP contribution < -0.4 is 25.6 Å². The summed E-state index contributed by atoms with van der Waals surface area (Å²) in [6, 6.07) is 23.2. The Morgan fingerprint density at radius 2 is 1.41 bits per heavy atom. The zero-order valence-electron chi connectivity index (χ0n) is 17.5. The number of rotatable bonds is 7. The van der Waals surface area contributed by atoms with Crippen molar-refractivity contribution in [3.63, 3.8) is 0 Å². The van der Waals surface area contributed by atoms with Gasteiger partial charge in [0.15, 0.2) is 5.11 Å². The Bertz CT molecular complexity index is 1070. The Hall–Kier alpha value is -3.91. The number of carbonyl (C=O) groups is 2. The number of aryl methyl sites for hydroxylation is 1. The highest BCUT2D eigenvalue weighted by Crippen LogP contribution is 2.14. The maximum absolute atomic E-state index is 12.4. The van der Waals surface area contributed by atoms with Gasteiger partial charge in [0, 0.05) is 11.1 Å². The highest BCUT2D eigenvalue weighted by atomic mass is 32.1. The first-order chi connectivity index (χ1) is 15.5. The summed E-state index contributed by atoms with van der Waals surface area (Å²) >= 11 is 5.08. The first kappa shape index (κ1) is 22.8. The molecular weight excluding hydrogens is 426 g/mol. The molecule has 0 heterocycles. The van der Waals surface area contributed by atoms with E-state index in [0.29, 0.717) is 30.1 Å². The minimum absolute atomic E-state index is 0.0296. The largest absolute Gasteiger partial charge is 0.490 e. The Morgan fingerprint density at radius 3 is 2.12 bits per heavy atom. The molecule has 8 heteroatoms. The van der Waals surface area contributed by atoms with Crippen LogP contribution in [-0.4, -0.2) is 30.1 Å². The van der Waals surface area contributed by atoms with Crippen molar-refractivity contribution in [2.75, 3.05) is 13.2 Å². The number of thiocarbonyl (C=S) groups is 1. The third kappa shape index (κ3) is 7.10. The summed E-state index contributed by atoms with van der Waals surface area (Å²) in [6.07, 6.45) is 0. The van der Waals surface area contributed by atoms with Crippen LogP contribution in [0, 0.1) is 6.92 Å². The van der Waals surface area contributed by atoms with E-state index < -0.39 is 5.91 Å². The fourth-order valence-electron chi connectivity index (χ4n) is 2.66. The number of ether oxygens (including phenoxy) is 2. The fourth-order valence-corrected chi connectivity index (χ4v) is 2.80. The quantitative estimate of drug-likeness (QED) is 0.291. The van der Waals surface area contributed by atoms with E-state index in [9.17, 15) is 9.59 Å². The number of hydrazine groups is 1. The Kier molecular flexibility index (Phi) is 8.16. The van der Waals surface area contributed by atoms with Crippen LogP contribution in [-0.2, 0) is 0 Å². The smallest absolute Gasteiger partial charge is 0.269 e. The van der Waals surface area contributed by atoms with Crippen molar-refractivity contribution in [3.05, 3.63) is 95.6 Å². The molecule has 0 saturated carbocycles. The lowest BCUT2D eigenvalue weighted by molar-refractivity contribution is 0.0934. The van der Waals surface area contributed by atoms with Gasteiger partial charge in [0.2, 0.25) is 0 Å². The van der Waals surface area contributed by atoms with E-state index in [1.165, 1.54) is 0 Å². The molecule has 0 aromatic heterocycles. The number of benzene rings is 3. The van der Waals surface area contributed by atoms with E-state index in [0.717, 1.165) is 11.3 Å². The van der Waals surface area contributed by atoms with Crippen LogP contribution in [0.1, 0.15) is 26.3 Å². The van der Waals surface area contributed by atoms with Crippen molar-refractivity contribution >= 4 is 29.1 Å². The van der Waals surface area contributed by atoms with E-state index in [-0.39, 0.29) is 11.0 Å². The van der Waals surface area contributed by atoms with E-state index in [1.54, 1.807) is 36.4 Å². The van der Waals surface area contributed by atoms with Crippen LogP contribution in [0.5, 0.6) is 11.5 Å². The van der Waals surface area contributed by atoms with Gasteiger partial charge in [-0.25, -0.2) is 0 Å². The average Bonchev–Trinajstić information content (AvgIpc) is 2.81. The molecular formula is C24H23N3O4S. The third-order valence-corrected chi connectivity index (χ3v) is 4.49. The number of carbonyl (C=O) groups excluding carboxylic acids is 2. The predicted molar refractivity (Wildman–Crippen MR) is 126 cm³/mol. The minimum atomic E-state index is -0.432. The van der Waals surface area contributed by atoms with Crippen molar-refractivity contribution in [2.45, 2.75) is 6.92 Å². The summed E-state index contributed by atoms with van der Waals surface area (Å²) in [5.41, 5.74) is 6.85. The van der Waals surface area contributed by atoms with Crippen LogP contribution in [0.25, 0.3) is 0 Å². The molecule has 32 heavy (non-hydrogen) atoms. The Morgan fingerprint density at radius 1 is 0.750 bits per heavy atom. The lowest BCUT2D eigenvalue weighted by Crippen LogP contribution is -2.48. The molecule has 0 aliphatic rings. The molecule has 7 nitrogen and oxygen atoms in total. The molecule has 0 spiro atoms. The normalized spacial score (nSPS) is 10.0. The molecule has 0 radical (unpaired) electrons. The van der Waals surface area contributed by atoms with E-state index in [1.807, 2.05) is 49.4 Å². The topological polar surface area (TPSA) is 88.7 Å². The number of hydrogen-bond donors (Lipinski definition) is 3. The third-order valence-electron chi connectivity index (χ3n) is 4.29. The molecule has 3 aromatic carbocycles. The number of amides is 2. The highest BCUT2D eigenvalue weighted by molar-refractivity contribution is 7.80. The van der Waals surface area contributed by atoms with E-state index in [2.05, 4.69) is 16.2 Å². The first-order valence-corrected chi connectivity index (χ1v) is 10.3. The van der Waals surface area contributed by atoms with Crippen molar-refractivity contribution in [3.8, 4) is 11.5 Å². The maximum Gasteiger partial charge on any atom is 0.269 e. The van der Waals surface area contributed by atoms with Crippen molar-refractivity contribution in [1.29, 1.82) is 0 Å². The van der Waals surface area contributed by atoms with Gasteiger partial charge in [0.25, 0.3) is 11.8 Å². The lowest BCUT2D eigenvalue weighted by atomic mass is 10.1. The molecule has 2 amide bonds. The van der Waals surface area contributed by atoms with Crippen molar-refractivity contribution in [2.24, 2.45) is 0 Å². The zero-order chi connectivity index (χ0) is 22.8. The van der Waals surface area contributed by atoms with Gasteiger partial charge in [-0.2, -0.15) is 0 Å². The number of para-hydroxylation sites is 1. The summed E-state index contributed by atoms with van der Waals surface area (Å²) in [7, 11) is 0. The van der Waals surface area contributed by atoms with Crippen molar-refractivity contribution in [1.82, 2.24) is 16.2 Å². The SMILES string of the molecule is Cc1ccc(C(=O)NNC(=S)NC(=O)c2cccc(OCCOc3ccccc3)c2)cc1. The molecule has 3 aromatic rings. The second kappa shape index (κ2) is 11.5. The molecule has 0 saturated heterocycles. The molecule has 0 bridgehead atoms. The first-order valence-electron chi connectivity index (χ1n) is 9.90. The summed E-state index contributed by atoms with van der Waals surface area (Å²) in [5.74, 6) is 0.494. The van der Waals surface area contributed by atoms with Crippen LogP contribution in [0.4, 0.5) is 0 Å². The number of nitrogens with one attached hydrogen (secondary N) is 3. The molecule has 0 unspecified atom stereocenters. The number of hydrogen-bond acceptors (Lipinski definition) is 5. The molecule has 3 rings (SSSR count). The second-order valence-electron chi connectivity index (χ2n) is 6.77.